The Morgan fingerprint density at radius 3 is 1.16 bits per heavy atom. The van der Waals surface area contributed by atoms with Crippen LogP contribution < -0.4 is 154 Å². The Balaban J connectivity index is -0.00000152. The zero-order chi connectivity index (χ0) is 103. The van der Waals surface area contributed by atoms with E-state index >= 15 is 0 Å². The topological polar surface area (TPSA) is 565 Å². The number of carbonyl (C=O) groups is 16. The molecule has 37 nitrogen and oxygen atoms in total. The molecule has 3 aliphatic heterocycles. The van der Waals surface area contributed by atoms with Crippen molar-refractivity contribution in [2.45, 2.75) is 210 Å². The molecule has 4 aromatic rings. The number of amides is 3. The number of aliphatic hydroxyl groups is 2. The number of hydrogen-bond donors (Lipinski definition) is 4. The van der Waals surface area contributed by atoms with Crippen molar-refractivity contribution < 1.29 is 283 Å². The molecule has 3 amide bonds. The maximum atomic E-state index is 14.8. The smallest absolute Gasteiger partial charge is 0.870 e. The number of nitrogens with two attached hydrogens (primary N) is 1. The summed E-state index contributed by atoms with van der Waals surface area (Å²) in [5, 5.41) is 59.3. The van der Waals surface area contributed by atoms with Crippen molar-refractivity contribution in [1.82, 2.24) is 10.2 Å². The number of carboxylic acid groups (broad SMARTS) is 3. The van der Waals surface area contributed by atoms with E-state index in [1.54, 1.807) is 95.3 Å². The Labute approximate surface area is 916 Å². The molecule has 3 fully saturated rings. The third kappa shape index (κ3) is 44.7. The zero-order valence-electron chi connectivity index (χ0n) is 86.1. The average molecular weight is 2020 g/mol. The Kier molecular flexibility index (Phi) is 76.1. The molecule has 0 aliphatic carbocycles. The van der Waals surface area contributed by atoms with Gasteiger partial charge < -0.3 is 120 Å². The normalized spacial score (nSPS) is 17.9. The van der Waals surface area contributed by atoms with E-state index in [0.29, 0.717) is 54.5 Å². The molecule has 3 heterocycles. The molecule has 0 spiro atoms. The molecule has 0 bridgehead atoms. The van der Waals surface area contributed by atoms with Crippen molar-refractivity contribution in [1.29, 1.82) is 0 Å². The largest absolute Gasteiger partial charge is 1.00 e. The Morgan fingerprint density at radius 1 is 0.454 bits per heavy atom. The number of benzene rings is 4. The summed E-state index contributed by atoms with van der Waals surface area (Å²) in [4.78, 5) is 211. The first kappa shape index (κ1) is 140. The van der Waals surface area contributed by atoms with Gasteiger partial charge in [0.2, 0.25) is 17.7 Å². The number of esters is 6. The molecule has 141 heavy (non-hydrogen) atoms. The van der Waals surface area contributed by atoms with E-state index in [0.717, 1.165) is 43.9 Å². The van der Waals surface area contributed by atoms with Crippen molar-refractivity contribution in [3.8, 4) is 11.5 Å². The van der Waals surface area contributed by atoms with Crippen LogP contribution in [0.5, 0.6) is 11.5 Å². The van der Waals surface area contributed by atoms with Crippen LogP contribution in [0, 0.1) is 91.8 Å². The van der Waals surface area contributed by atoms with Gasteiger partial charge in [-0.25, -0.2) is 0 Å². The number of imide groups is 1. The van der Waals surface area contributed by atoms with E-state index in [9.17, 15) is 92.0 Å². The van der Waals surface area contributed by atoms with Gasteiger partial charge in [-0.1, -0.05) is 127 Å². The number of aliphatic carboxylic acids is 3. The molecule has 18 atom stereocenters. The maximum Gasteiger partial charge on any atom is 1.00 e. The summed E-state index contributed by atoms with van der Waals surface area (Å²) in [5.41, 5.74) is 8.81. The van der Waals surface area contributed by atoms with Gasteiger partial charge >= 0.3 is 154 Å². The van der Waals surface area contributed by atoms with Gasteiger partial charge in [-0.15, -0.1) is 0 Å². The summed E-state index contributed by atoms with van der Waals surface area (Å²) in [6.45, 7) is 24.4. The Morgan fingerprint density at radius 2 is 0.823 bits per heavy atom. The number of Topliss-reactive ketones (excluding diaryl/α,β-unsaturated/α-hetero) is 4. The minimum absolute atomic E-state index is 0. The minimum atomic E-state index is -2.09. The van der Waals surface area contributed by atoms with Gasteiger partial charge in [0.15, 0.2) is 23.1 Å². The molecular formula is C100H142N3Na4O34-. The van der Waals surface area contributed by atoms with Gasteiger partial charge in [-0.3, -0.25) is 67.2 Å². The third-order valence-corrected chi connectivity index (χ3v) is 23.5. The number of nitrogens with one attached hydrogen (secondary N) is 1. The number of methoxy groups -OCH3 is 6. The van der Waals surface area contributed by atoms with Crippen molar-refractivity contribution in [3.63, 3.8) is 0 Å². The summed E-state index contributed by atoms with van der Waals surface area (Å²) in [6, 6.07) is 26.4. The van der Waals surface area contributed by atoms with Gasteiger partial charge in [0, 0.05) is 120 Å². The van der Waals surface area contributed by atoms with Gasteiger partial charge in [-0.2, -0.15) is 6.92 Å². The van der Waals surface area contributed by atoms with Crippen LogP contribution in [-0.2, 0) is 105 Å². The van der Waals surface area contributed by atoms with Crippen molar-refractivity contribution in [2.75, 3.05) is 102 Å². The fraction of sp³-hybridized carbons (Fsp3) is 0.590. The van der Waals surface area contributed by atoms with Gasteiger partial charge in [0.1, 0.15) is 31.3 Å². The van der Waals surface area contributed by atoms with Crippen LogP contribution in [0.3, 0.4) is 0 Å². The summed E-state index contributed by atoms with van der Waals surface area (Å²) in [7, 11) is 7.20. The second kappa shape index (κ2) is 76.5. The zero-order valence-corrected chi connectivity index (χ0v) is 94.1. The molecule has 4 aromatic carbocycles. The molecule has 18 unspecified atom stereocenters. The van der Waals surface area contributed by atoms with E-state index in [1.165, 1.54) is 72.3 Å². The molecule has 3 aliphatic rings. The third-order valence-electron chi connectivity index (χ3n) is 23.5. The quantitative estimate of drug-likeness (QED) is 0.00468. The number of rotatable bonds is 55. The number of hydrogen-bond acceptors (Lipinski definition) is 35. The average Bonchev–Trinajstić information content (AvgIpc) is 1.62. The van der Waals surface area contributed by atoms with Crippen molar-refractivity contribution >= 4 is 94.6 Å². The summed E-state index contributed by atoms with van der Waals surface area (Å²) >= 11 is 0. The first-order valence-electron chi connectivity index (χ1n) is 46.0. The second-order valence-electron chi connectivity index (χ2n) is 32.5. The fourth-order valence-corrected chi connectivity index (χ4v) is 16.0. The molecule has 7 rings (SSSR count). The van der Waals surface area contributed by atoms with E-state index in [1.807, 2.05) is 39.8 Å². The van der Waals surface area contributed by atoms with Crippen molar-refractivity contribution in [2.24, 2.45) is 76.7 Å². The SMILES string of the molecule is CCC(OC)C1C(=O)OC(=O)C1C.CCCCN.CCCCNC(=O)C(C(CC1C(=O)N(CCCC)C(=O)C1C(CC(C(=O)[O-])C(C(=O)OCC)C(CC(C(=O)[O-])C(C(=O)OCCOc1ccc(C(=O)CC(=O)c2ccc(C)cc2)cc1)C(CC)OC)OC)OC)OC)C(CC(OC)C1C(=O)OC(=O)C1C)C(=O)[O-].CCO.Cc1ccc(C(=O)CC(=O)c2ccc(OCCO)cc2)cc1.[CH2-]C.[Na+].[Na+].[Na+].[Na+].[OH-]. The predicted molar refractivity (Wildman–Crippen MR) is 491 cm³/mol. The maximum absolute atomic E-state index is 14.8. The second-order valence-corrected chi connectivity index (χ2v) is 32.5. The van der Waals surface area contributed by atoms with Gasteiger partial charge in [0.25, 0.3) is 0 Å². The number of carboxylic acids is 3. The van der Waals surface area contributed by atoms with Crippen LogP contribution in [0.4, 0.5) is 0 Å². The molecule has 6 N–H and O–H groups in total. The molecule has 41 heteroatoms. The molecule has 3 saturated heterocycles. The Hall–Kier alpha value is -7.00. The first-order chi connectivity index (χ1) is 64.9. The van der Waals surface area contributed by atoms with E-state index in [2.05, 4.69) is 23.9 Å². The molecular weight excluding hydrogens is 1880 g/mol. The number of aryl methyl sites for hydroxylation is 2. The van der Waals surface area contributed by atoms with Crippen LogP contribution >= 0.6 is 0 Å². The first-order valence-corrected chi connectivity index (χ1v) is 46.0. The van der Waals surface area contributed by atoms with Gasteiger partial charge in [0.05, 0.1) is 116 Å². The number of ether oxygens (including phenoxy) is 12. The molecule has 766 valence electrons. The van der Waals surface area contributed by atoms with Crippen molar-refractivity contribution in [3.05, 3.63) is 137 Å². The molecule has 0 saturated carbocycles. The minimum Gasteiger partial charge on any atom is -0.870 e. The Bertz CT molecular complexity index is 4420. The summed E-state index contributed by atoms with van der Waals surface area (Å²) in [6.07, 6.45) is -6.13. The number of aliphatic hydroxyl groups excluding tert-OH is 2. The van der Waals surface area contributed by atoms with Crippen LogP contribution in [0.2, 0.25) is 0 Å². The summed E-state index contributed by atoms with van der Waals surface area (Å²) < 4.78 is 65.1. The van der Waals surface area contributed by atoms with E-state index in [4.69, 9.17) is 68.1 Å². The number of cyclic esters (lactones) is 4. The number of likely N-dealkylation sites (tertiary alicyclic amines) is 1. The van der Waals surface area contributed by atoms with Gasteiger partial charge in [-0.05, 0) is 141 Å². The molecule has 0 radical (unpaired) electrons. The standard InChI is InChI=1S/C65H90N2O24.C18H18O4.C9H14O4.C4H11N.C2H6O.C2H5.4Na.H2O/c1-12-16-26-66-56(70)52(41(59(73)74)31-47(84-8)51-36(6)62(79)91-65(51)82)48(85-9)30-40-53(58(72)67(57(40)71)27-17-13-2)49(86-10)32-43(61(77)78)55(63(80)88-15-4)50(87-11)33-42(60(75)76)54(46(14-3)83-7)64(81)90-29-28-89-39-24-22-38(23-25-39)45(69)34-44(68)37-20-18-35(5)19-21-37;1-13-2-4-14(5-3-13)17(20)12-18(21)15-6-8-16(9-7-15)22-11-10-19;1-4-6(12-3)7-5(2)8(10)13-9(7)11;1-2-3-4-5;1-2-3;1-2;;;;;/h18-25,36,40-43,46-55H,12-17,26-34H2,1-11H3,(H,66,70)(H,73,74)(H,75,76)(H,77,78);2-9,19H,10-12H2,1H3;5-7H,4H2,1-3H3;2-5H2,1H3;3H,2H2,1H3;1H2,2H3;;;;;1H2/q;;;;;-1;4*+1;/p-4. The summed E-state index contributed by atoms with van der Waals surface area (Å²) in [5.74, 6) is -31.3. The van der Waals surface area contributed by atoms with E-state index < -0.39 is 205 Å². The number of unbranched alkanes of at least 4 members (excludes halogenated alkanes) is 3. The molecule has 0 aromatic heterocycles. The van der Waals surface area contributed by atoms with Crippen LogP contribution in [0.1, 0.15) is 212 Å². The fourth-order valence-electron chi connectivity index (χ4n) is 16.0. The monoisotopic (exact) mass is 2020 g/mol. The van der Waals surface area contributed by atoms with Crippen LogP contribution in [0.25, 0.3) is 0 Å². The van der Waals surface area contributed by atoms with Crippen LogP contribution in [-0.4, -0.2) is 254 Å². The number of carbonyl (C=O) groups excluding carboxylic acids is 16. The van der Waals surface area contributed by atoms with Crippen LogP contribution in [0.15, 0.2) is 97.1 Å². The predicted octanol–water partition coefficient (Wildman–Crippen LogP) is -5.43. The van der Waals surface area contributed by atoms with E-state index in [-0.39, 0.29) is 230 Å². The number of nitrogens with zero attached hydrogens (tertiary/aromatic N) is 1. The number of ketones is 4.